The van der Waals surface area contributed by atoms with Crippen molar-refractivity contribution >= 4 is 17.0 Å². The van der Waals surface area contributed by atoms with Gasteiger partial charge in [0.1, 0.15) is 0 Å². The molecule has 0 amide bonds. The average Bonchev–Trinajstić information content (AvgIpc) is 2.92. The third-order valence-electron chi connectivity index (χ3n) is 2.96. The molecule has 2 rings (SSSR count). The average molecular weight is 276 g/mol. The molecule has 0 radical (unpaired) electrons. The maximum atomic E-state index is 9.03. The Labute approximate surface area is 118 Å². The van der Waals surface area contributed by atoms with Crippen molar-refractivity contribution in [3.05, 3.63) is 46.4 Å². The number of rotatable bonds is 7. The standard InChI is InChI=1S/C15H20N2OS/c1-2-15-16-13(12-19-15)11-17(9-6-10-18)14-7-4-3-5-8-14/h3-5,7-8,12,18H,2,6,9-11H2,1H3. The minimum Gasteiger partial charge on any atom is -0.396 e. The van der Waals surface area contributed by atoms with Gasteiger partial charge < -0.3 is 10.0 Å². The number of hydrogen-bond donors (Lipinski definition) is 1. The van der Waals surface area contributed by atoms with Crippen molar-refractivity contribution < 1.29 is 5.11 Å². The highest BCUT2D eigenvalue weighted by molar-refractivity contribution is 7.09. The molecule has 0 fully saturated rings. The predicted molar refractivity (Wildman–Crippen MR) is 80.7 cm³/mol. The maximum absolute atomic E-state index is 9.03. The number of thiazole rings is 1. The third-order valence-corrected chi connectivity index (χ3v) is 4.00. The van der Waals surface area contributed by atoms with E-state index in [1.54, 1.807) is 11.3 Å². The highest BCUT2D eigenvalue weighted by Gasteiger charge is 2.09. The number of hydrogen-bond acceptors (Lipinski definition) is 4. The van der Waals surface area contributed by atoms with Crippen LogP contribution in [0.5, 0.6) is 0 Å². The van der Waals surface area contributed by atoms with E-state index in [1.165, 1.54) is 10.7 Å². The van der Waals surface area contributed by atoms with Crippen LogP contribution in [0.3, 0.4) is 0 Å². The molecule has 1 aromatic carbocycles. The van der Waals surface area contributed by atoms with Crippen molar-refractivity contribution in [3.63, 3.8) is 0 Å². The molecule has 0 aliphatic heterocycles. The molecule has 102 valence electrons. The minimum absolute atomic E-state index is 0.223. The van der Waals surface area contributed by atoms with Crippen LogP contribution < -0.4 is 4.90 Å². The summed E-state index contributed by atoms with van der Waals surface area (Å²) in [6.07, 6.45) is 1.77. The van der Waals surface area contributed by atoms with Crippen LogP contribution >= 0.6 is 11.3 Å². The van der Waals surface area contributed by atoms with Gasteiger partial charge >= 0.3 is 0 Å². The molecule has 1 N–H and O–H groups in total. The lowest BCUT2D eigenvalue weighted by Gasteiger charge is -2.23. The van der Waals surface area contributed by atoms with E-state index in [0.717, 1.165) is 31.6 Å². The Balaban J connectivity index is 2.09. The van der Waals surface area contributed by atoms with Crippen LogP contribution in [0.2, 0.25) is 0 Å². The second kappa shape index (κ2) is 7.26. The van der Waals surface area contributed by atoms with Gasteiger partial charge in [-0.2, -0.15) is 0 Å². The predicted octanol–water partition coefficient (Wildman–Crippen LogP) is 3.09. The van der Waals surface area contributed by atoms with Crippen LogP contribution in [0.1, 0.15) is 24.0 Å². The molecule has 0 saturated heterocycles. The van der Waals surface area contributed by atoms with Crippen molar-refractivity contribution in [2.45, 2.75) is 26.3 Å². The zero-order valence-corrected chi connectivity index (χ0v) is 12.1. The van der Waals surface area contributed by atoms with Gasteiger partial charge in [-0.05, 0) is 25.0 Å². The highest BCUT2D eigenvalue weighted by Crippen LogP contribution is 2.18. The van der Waals surface area contributed by atoms with Crippen LogP contribution in [0.25, 0.3) is 0 Å². The van der Waals surface area contributed by atoms with Crippen LogP contribution in [0.15, 0.2) is 35.7 Å². The summed E-state index contributed by atoms with van der Waals surface area (Å²) in [5, 5.41) is 12.3. The number of aliphatic hydroxyl groups excluding tert-OH is 1. The van der Waals surface area contributed by atoms with Crippen molar-refractivity contribution in [3.8, 4) is 0 Å². The summed E-state index contributed by atoms with van der Waals surface area (Å²) in [4.78, 5) is 6.89. The number of aryl methyl sites for hydroxylation is 1. The van der Waals surface area contributed by atoms with Crippen LogP contribution in [-0.4, -0.2) is 23.2 Å². The molecule has 1 aromatic heterocycles. The molecule has 0 spiro atoms. The van der Waals surface area contributed by atoms with E-state index in [0.29, 0.717) is 0 Å². The second-order valence-corrected chi connectivity index (χ2v) is 5.36. The normalized spacial score (nSPS) is 10.6. The molecule has 0 aliphatic rings. The Hall–Kier alpha value is -1.39. The molecule has 1 heterocycles. The van der Waals surface area contributed by atoms with Gasteiger partial charge in [-0.3, -0.25) is 0 Å². The molecular weight excluding hydrogens is 256 g/mol. The summed E-state index contributed by atoms with van der Waals surface area (Å²) in [5.41, 5.74) is 2.30. The zero-order valence-electron chi connectivity index (χ0n) is 11.2. The first-order valence-corrected chi connectivity index (χ1v) is 7.55. The summed E-state index contributed by atoms with van der Waals surface area (Å²) in [6.45, 7) is 4.00. The lowest BCUT2D eigenvalue weighted by Crippen LogP contribution is -2.24. The van der Waals surface area contributed by atoms with Crippen molar-refractivity contribution in [1.82, 2.24) is 4.98 Å². The van der Waals surface area contributed by atoms with Crippen molar-refractivity contribution in [2.75, 3.05) is 18.1 Å². The van der Waals surface area contributed by atoms with Crippen LogP contribution in [0, 0.1) is 0 Å². The smallest absolute Gasteiger partial charge is 0.0926 e. The Morgan fingerprint density at radius 2 is 2.05 bits per heavy atom. The fourth-order valence-corrected chi connectivity index (χ4v) is 2.72. The summed E-state index contributed by atoms with van der Waals surface area (Å²) in [6, 6.07) is 10.3. The largest absolute Gasteiger partial charge is 0.396 e. The number of nitrogens with zero attached hydrogens (tertiary/aromatic N) is 2. The third kappa shape index (κ3) is 4.04. The Bertz CT molecular complexity index is 484. The lowest BCUT2D eigenvalue weighted by molar-refractivity contribution is 0.289. The molecule has 4 heteroatoms. The topological polar surface area (TPSA) is 36.4 Å². The molecule has 0 unspecified atom stereocenters. The Kier molecular flexibility index (Phi) is 5.36. The monoisotopic (exact) mass is 276 g/mol. The fraction of sp³-hybridized carbons (Fsp3) is 0.400. The van der Waals surface area contributed by atoms with Gasteiger partial charge in [0.25, 0.3) is 0 Å². The van der Waals surface area contributed by atoms with Crippen molar-refractivity contribution in [2.24, 2.45) is 0 Å². The van der Waals surface area contributed by atoms with E-state index in [9.17, 15) is 0 Å². The Morgan fingerprint density at radius 1 is 1.26 bits per heavy atom. The molecule has 3 nitrogen and oxygen atoms in total. The fourth-order valence-electron chi connectivity index (χ4n) is 1.98. The second-order valence-electron chi connectivity index (χ2n) is 4.42. The molecule has 0 atom stereocenters. The first-order valence-electron chi connectivity index (χ1n) is 6.67. The van der Waals surface area contributed by atoms with Gasteiger partial charge in [0.15, 0.2) is 0 Å². The summed E-state index contributed by atoms with van der Waals surface area (Å²) < 4.78 is 0. The number of aliphatic hydroxyl groups is 1. The van der Waals surface area contributed by atoms with Gasteiger partial charge in [0, 0.05) is 24.2 Å². The number of benzene rings is 1. The molecular formula is C15H20N2OS. The van der Waals surface area contributed by atoms with Gasteiger partial charge in [-0.15, -0.1) is 11.3 Å². The SMILES string of the molecule is CCc1nc(CN(CCCO)c2ccccc2)cs1. The molecule has 0 saturated carbocycles. The molecule has 19 heavy (non-hydrogen) atoms. The first-order chi connectivity index (χ1) is 9.33. The van der Waals surface area contributed by atoms with Gasteiger partial charge in [0.2, 0.25) is 0 Å². The minimum atomic E-state index is 0.223. The van der Waals surface area contributed by atoms with E-state index >= 15 is 0 Å². The van der Waals surface area contributed by atoms with Gasteiger partial charge in [-0.25, -0.2) is 4.98 Å². The Morgan fingerprint density at radius 3 is 2.68 bits per heavy atom. The quantitative estimate of drug-likeness (QED) is 0.844. The molecule has 0 aliphatic carbocycles. The summed E-state index contributed by atoms with van der Waals surface area (Å²) >= 11 is 1.72. The van der Waals surface area contributed by atoms with E-state index in [1.807, 2.05) is 18.2 Å². The molecule has 0 bridgehead atoms. The maximum Gasteiger partial charge on any atom is 0.0926 e. The van der Waals surface area contributed by atoms with E-state index in [2.05, 4.69) is 34.3 Å². The van der Waals surface area contributed by atoms with Crippen LogP contribution in [0.4, 0.5) is 5.69 Å². The van der Waals surface area contributed by atoms with Gasteiger partial charge in [0.05, 0.1) is 17.2 Å². The van der Waals surface area contributed by atoms with E-state index in [-0.39, 0.29) is 6.61 Å². The lowest BCUT2D eigenvalue weighted by atomic mass is 10.2. The van der Waals surface area contributed by atoms with E-state index < -0.39 is 0 Å². The van der Waals surface area contributed by atoms with Crippen molar-refractivity contribution in [1.29, 1.82) is 0 Å². The zero-order chi connectivity index (χ0) is 13.5. The van der Waals surface area contributed by atoms with Crippen LogP contribution in [-0.2, 0) is 13.0 Å². The van der Waals surface area contributed by atoms with Gasteiger partial charge in [-0.1, -0.05) is 25.1 Å². The summed E-state index contributed by atoms with van der Waals surface area (Å²) in [5.74, 6) is 0. The highest BCUT2D eigenvalue weighted by atomic mass is 32.1. The first kappa shape index (κ1) is 14.0. The van der Waals surface area contributed by atoms with E-state index in [4.69, 9.17) is 5.11 Å². The molecule has 2 aromatic rings. The number of para-hydroxylation sites is 1. The summed E-state index contributed by atoms with van der Waals surface area (Å²) in [7, 11) is 0. The number of aromatic nitrogens is 1. The number of anilines is 1.